The van der Waals surface area contributed by atoms with Crippen molar-refractivity contribution < 1.29 is 4.79 Å². The fourth-order valence-electron chi connectivity index (χ4n) is 2.17. The van der Waals surface area contributed by atoms with Crippen molar-refractivity contribution in [2.75, 3.05) is 17.7 Å². The van der Waals surface area contributed by atoms with Gasteiger partial charge in [-0.2, -0.15) is 0 Å². The number of hydrogen-bond acceptors (Lipinski definition) is 2. The van der Waals surface area contributed by atoms with Crippen molar-refractivity contribution in [3.63, 3.8) is 0 Å². The van der Waals surface area contributed by atoms with Crippen LogP contribution in [0.3, 0.4) is 0 Å². The van der Waals surface area contributed by atoms with Crippen LogP contribution in [0.15, 0.2) is 36.4 Å². The van der Waals surface area contributed by atoms with Crippen LogP contribution in [0, 0.1) is 13.8 Å². The molecule has 0 radical (unpaired) electrons. The summed E-state index contributed by atoms with van der Waals surface area (Å²) in [7, 11) is 1.74. The fraction of sp³-hybridized carbons (Fsp3) is 0.188. The van der Waals surface area contributed by atoms with Crippen LogP contribution in [0.5, 0.6) is 0 Å². The first-order chi connectivity index (χ1) is 9.38. The van der Waals surface area contributed by atoms with Gasteiger partial charge in [0.2, 0.25) is 0 Å². The van der Waals surface area contributed by atoms with E-state index in [1.165, 1.54) is 0 Å². The van der Waals surface area contributed by atoms with E-state index < -0.39 is 0 Å². The molecule has 0 fully saturated rings. The highest BCUT2D eigenvalue weighted by molar-refractivity contribution is 6.31. The Labute approximate surface area is 124 Å². The SMILES string of the molecule is Cc1cc(C)cc(N(C)C(=O)c2ccc(Cl)cc2N)c1. The second-order valence-corrected chi connectivity index (χ2v) is 5.38. The molecule has 2 rings (SSSR count). The summed E-state index contributed by atoms with van der Waals surface area (Å²) < 4.78 is 0. The summed E-state index contributed by atoms with van der Waals surface area (Å²) in [6.07, 6.45) is 0. The van der Waals surface area contributed by atoms with Crippen LogP contribution in [0.4, 0.5) is 11.4 Å². The predicted octanol–water partition coefficient (Wildman–Crippen LogP) is 3.82. The van der Waals surface area contributed by atoms with Gasteiger partial charge in [-0.25, -0.2) is 0 Å². The molecule has 0 spiro atoms. The lowest BCUT2D eigenvalue weighted by Gasteiger charge is -2.19. The van der Waals surface area contributed by atoms with Crippen LogP contribution in [0.25, 0.3) is 0 Å². The Morgan fingerprint density at radius 2 is 1.70 bits per heavy atom. The third-order valence-corrected chi connectivity index (χ3v) is 3.38. The second-order valence-electron chi connectivity index (χ2n) is 4.94. The first-order valence-corrected chi connectivity index (χ1v) is 6.67. The zero-order valence-electron chi connectivity index (χ0n) is 11.8. The standard InChI is InChI=1S/C16H17ClN2O/c1-10-6-11(2)8-13(7-10)19(3)16(20)14-5-4-12(17)9-15(14)18/h4-9H,18H2,1-3H3. The quantitative estimate of drug-likeness (QED) is 0.854. The second kappa shape index (κ2) is 5.55. The zero-order valence-corrected chi connectivity index (χ0v) is 12.5. The number of nitrogens with two attached hydrogens (primary N) is 1. The molecular formula is C16H17ClN2O. The van der Waals surface area contributed by atoms with Crippen LogP contribution in [-0.2, 0) is 0 Å². The molecule has 2 aromatic rings. The van der Waals surface area contributed by atoms with Crippen molar-refractivity contribution in [1.29, 1.82) is 0 Å². The van der Waals surface area contributed by atoms with Crippen molar-refractivity contribution in [1.82, 2.24) is 0 Å². The molecule has 0 saturated carbocycles. The van der Waals surface area contributed by atoms with Gasteiger partial charge < -0.3 is 10.6 Å². The van der Waals surface area contributed by atoms with Gasteiger partial charge in [-0.05, 0) is 55.3 Å². The maximum atomic E-state index is 12.5. The molecule has 4 heteroatoms. The lowest BCUT2D eigenvalue weighted by molar-refractivity contribution is 0.0994. The first kappa shape index (κ1) is 14.4. The third-order valence-electron chi connectivity index (χ3n) is 3.14. The van der Waals surface area contributed by atoms with Gasteiger partial charge in [0.15, 0.2) is 0 Å². The summed E-state index contributed by atoms with van der Waals surface area (Å²) >= 11 is 5.85. The van der Waals surface area contributed by atoms with Crippen LogP contribution in [-0.4, -0.2) is 13.0 Å². The van der Waals surface area contributed by atoms with Crippen molar-refractivity contribution in [3.8, 4) is 0 Å². The van der Waals surface area contributed by atoms with Crippen molar-refractivity contribution in [2.45, 2.75) is 13.8 Å². The average molecular weight is 289 g/mol. The number of carbonyl (C=O) groups is 1. The normalized spacial score (nSPS) is 10.4. The Balaban J connectivity index is 2.37. The average Bonchev–Trinajstić information content (AvgIpc) is 2.36. The highest BCUT2D eigenvalue weighted by atomic mass is 35.5. The minimum absolute atomic E-state index is 0.149. The summed E-state index contributed by atoms with van der Waals surface area (Å²) in [5, 5.41) is 0.521. The summed E-state index contributed by atoms with van der Waals surface area (Å²) in [6, 6.07) is 10.9. The van der Waals surface area contributed by atoms with Crippen LogP contribution in [0.1, 0.15) is 21.5 Å². The number of nitrogen functional groups attached to an aromatic ring is 1. The summed E-state index contributed by atoms with van der Waals surface area (Å²) in [5.41, 5.74) is 9.79. The monoisotopic (exact) mass is 288 g/mol. The maximum Gasteiger partial charge on any atom is 0.260 e. The molecular weight excluding hydrogens is 272 g/mol. The van der Waals surface area contributed by atoms with Crippen molar-refractivity contribution in [2.24, 2.45) is 0 Å². The number of carbonyl (C=O) groups excluding carboxylic acids is 1. The maximum absolute atomic E-state index is 12.5. The molecule has 1 amide bonds. The van der Waals surface area contributed by atoms with Crippen LogP contribution < -0.4 is 10.6 Å². The highest BCUT2D eigenvalue weighted by Gasteiger charge is 2.16. The number of nitrogens with zero attached hydrogens (tertiary/aromatic N) is 1. The van der Waals surface area contributed by atoms with Gasteiger partial charge in [0.05, 0.1) is 5.56 Å². The van der Waals surface area contributed by atoms with Crippen LogP contribution >= 0.6 is 11.6 Å². The zero-order chi connectivity index (χ0) is 14.9. The van der Waals surface area contributed by atoms with E-state index in [4.69, 9.17) is 17.3 Å². The van der Waals surface area contributed by atoms with E-state index in [1.807, 2.05) is 26.0 Å². The topological polar surface area (TPSA) is 46.3 Å². The van der Waals surface area contributed by atoms with Crippen molar-refractivity contribution >= 4 is 28.9 Å². The Morgan fingerprint density at radius 3 is 2.25 bits per heavy atom. The Bertz CT molecular complexity index is 647. The molecule has 0 aliphatic rings. The number of benzene rings is 2. The molecule has 0 aromatic heterocycles. The number of rotatable bonds is 2. The molecule has 0 aliphatic heterocycles. The van der Waals surface area contributed by atoms with E-state index in [9.17, 15) is 4.79 Å². The number of anilines is 2. The molecule has 0 bridgehead atoms. The predicted molar refractivity (Wildman–Crippen MR) is 84.5 cm³/mol. The molecule has 3 nitrogen and oxygen atoms in total. The smallest absolute Gasteiger partial charge is 0.260 e. The van der Waals surface area contributed by atoms with Gasteiger partial charge in [-0.1, -0.05) is 17.7 Å². The largest absolute Gasteiger partial charge is 0.398 e. The third kappa shape index (κ3) is 2.94. The molecule has 20 heavy (non-hydrogen) atoms. The number of aryl methyl sites for hydroxylation is 2. The summed E-state index contributed by atoms with van der Waals surface area (Å²) in [5.74, 6) is -0.149. The molecule has 0 heterocycles. The van der Waals surface area contributed by atoms with Gasteiger partial charge in [0, 0.05) is 23.4 Å². The minimum atomic E-state index is -0.149. The number of halogens is 1. The van der Waals surface area contributed by atoms with E-state index in [0.29, 0.717) is 16.3 Å². The Hall–Kier alpha value is -2.00. The van der Waals surface area contributed by atoms with Gasteiger partial charge in [-0.15, -0.1) is 0 Å². The highest BCUT2D eigenvalue weighted by Crippen LogP contribution is 2.23. The van der Waals surface area contributed by atoms with Gasteiger partial charge in [-0.3, -0.25) is 4.79 Å². The lowest BCUT2D eigenvalue weighted by atomic mass is 10.1. The fourth-order valence-corrected chi connectivity index (χ4v) is 2.35. The molecule has 0 saturated heterocycles. The van der Waals surface area contributed by atoms with Crippen molar-refractivity contribution in [3.05, 3.63) is 58.1 Å². The molecule has 2 N–H and O–H groups in total. The van der Waals surface area contributed by atoms with Gasteiger partial charge in [0.1, 0.15) is 0 Å². The first-order valence-electron chi connectivity index (χ1n) is 6.30. The van der Waals surface area contributed by atoms with E-state index >= 15 is 0 Å². The van der Waals surface area contributed by atoms with Gasteiger partial charge in [0.25, 0.3) is 5.91 Å². The molecule has 0 atom stereocenters. The Kier molecular flexibility index (Phi) is 4.00. The van der Waals surface area contributed by atoms with E-state index in [-0.39, 0.29) is 5.91 Å². The van der Waals surface area contributed by atoms with E-state index in [0.717, 1.165) is 16.8 Å². The molecule has 0 aliphatic carbocycles. The number of amides is 1. The van der Waals surface area contributed by atoms with E-state index in [1.54, 1.807) is 30.1 Å². The number of hydrogen-bond donors (Lipinski definition) is 1. The summed E-state index contributed by atoms with van der Waals surface area (Å²) in [6.45, 7) is 4.01. The lowest BCUT2D eigenvalue weighted by Crippen LogP contribution is -2.27. The molecule has 2 aromatic carbocycles. The van der Waals surface area contributed by atoms with Gasteiger partial charge >= 0.3 is 0 Å². The molecule has 104 valence electrons. The Morgan fingerprint density at radius 1 is 1.10 bits per heavy atom. The molecule has 0 unspecified atom stereocenters. The summed E-state index contributed by atoms with van der Waals surface area (Å²) in [4.78, 5) is 14.1. The van der Waals surface area contributed by atoms with Crippen LogP contribution in [0.2, 0.25) is 5.02 Å². The minimum Gasteiger partial charge on any atom is -0.398 e. The van der Waals surface area contributed by atoms with E-state index in [2.05, 4.69) is 6.07 Å².